The first kappa shape index (κ1) is 15.3. The smallest absolute Gasteiger partial charge is 0.0565 e. The first-order valence-corrected chi connectivity index (χ1v) is 9.25. The van der Waals surface area contributed by atoms with Crippen molar-refractivity contribution >= 4 is 0 Å². The van der Waals surface area contributed by atoms with Crippen LogP contribution in [0.1, 0.15) is 37.4 Å². The largest absolute Gasteiger partial charge is 0.344 e. The van der Waals surface area contributed by atoms with E-state index in [0.29, 0.717) is 0 Å². The molecule has 0 amide bonds. The van der Waals surface area contributed by atoms with E-state index in [4.69, 9.17) is 0 Å². The predicted molar refractivity (Wildman–Crippen MR) is 102 cm³/mol. The van der Waals surface area contributed by atoms with E-state index in [1.807, 2.05) is 0 Å². The normalized spacial score (nSPS) is 13.7. The van der Waals surface area contributed by atoms with Crippen LogP contribution < -0.4 is 0 Å². The highest BCUT2D eigenvalue weighted by Gasteiger charge is 2.25. The van der Waals surface area contributed by atoms with Crippen molar-refractivity contribution < 1.29 is 0 Å². The van der Waals surface area contributed by atoms with Gasteiger partial charge in [-0.15, -0.1) is 0 Å². The number of hydrogen-bond donors (Lipinski definition) is 0. The van der Waals surface area contributed by atoms with Gasteiger partial charge in [-0.05, 0) is 48.8 Å². The van der Waals surface area contributed by atoms with Gasteiger partial charge in [-0.25, -0.2) is 0 Å². The maximum atomic E-state index is 2.62. The molecule has 4 rings (SSSR count). The minimum absolute atomic E-state index is 1.11. The number of fused-ring (bicyclic) bond motifs is 1. The average molecular weight is 315 g/mol. The summed E-state index contributed by atoms with van der Waals surface area (Å²) in [5, 5.41) is 0. The van der Waals surface area contributed by atoms with Crippen LogP contribution in [-0.2, 0) is 19.4 Å². The van der Waals surface area contributed by atoms with Gasteiger partial charge in [-0.1, -0.05) is 67.6 Å². The van der Waals surface area contributed by atoms with Crippen molar-refractivity contribution in [3.05, 3.63) is 71.9 Å². The molecule has 3 aromatic rings. The summed E-state index contributed by atoms with van der Waals surface area (Å²) in [6, 6.07) is 21.9. The molecular formula is C23H25N. The van der Waals surface area contributed by atoms with Crippen molar-refractivity contribution in [1.82, 2.24) is 4.57 Å². The topological polar surface area (TPSA) is 4.93 Å². The molecule has 0 N–H and O–H groups in total. The monoisotopic (exact) mass is 315 g/mol. The van der Waals surface area contributed by atoms with Crippen LogP contribution in [0.25, 0.3) is 22.4 Å². The lowest BCUT2D eigenvalue weighted by atomic mass is 9.90. The van der Waals surface area contributed by atoms with E-state index in [9.17, 15) is 0 Å². The number of nitrogens with zero attached hydrogens (tertiary/aromatic N) is 1. The van der Waals surface area contributed by atoms with E-state index in [1.165, 1.54) is 54.5 Å². The van der Waals surface area contributed by atoms with Gasteiger partial charge in [0.15, 0.2) is 0 Å². The molecule has 0 atom stereocenters. The Bertz CT molecular complexity index is 812. The highest BCUT2D eigenvalue weighted by Crippen LogP contribution is 2.42. The Balaban J connectivity index is 2.03. The first-order valence-electron chi connectivity index (χ1n) is 9.25. The summed E-state index contributed by atoms with van der Waals surface area (Å²) in [5.41, 5.74) is 8.80. The maximum Gasteiger partial charge on any atom is 0.0565 e. The Morgan fingerprint density at radius 3 is 2.08 bits per heavy atom. The molecule has 0 fully saturated rings. The summed E-state index contributed by atoms with van der Waals surface area (Å²) in [4.78, 5) is 0. The second kappa shape index (κ2) is 6.68. The van der Waals surface area contributed by atoms with E-state index in [-0.39, 0.29) is 0 Å². The molecule has 0 radical (unpaired) electrons. The molecule has 0 spiro atoms. The molecule has 0 bridgehead atoms. The Morgan fingerprint density at radius 2 is 1.42 bits per heavy atom. The quantitative estimate of drug-likeness (QED) is 0.547. The van der Waals surface area contributed by atoms with Gasteiger partial charge in [0.05, 0.1) is 5.69 Å². The molecule has 24 heavy (non-hydrogen) atoms. The van der Waals surface area contributed by atoms with Gasteiger partial charge in [-0.3, -0.25) is 0 Å². The lowest BCUT2D eigenvalue weighted by Crippen LogP contribution is -2.09. The highest BCUT2D eigenvalue weighted by molar-refractivity contribution is 5.86. The van der Waals surface area contributed by atoms with E-state index in [1.54, 1.807) is 11.3 Å². The van der Waals surface area contributed by atoms with Crippen molar-refractivity contribution in [3.8, 4) is 22.4 Å². The molecule has 0 aliphatic heterocycles. The van der Waals surface area contributed by atoms with Crippen molar-refractivity contribution in [1.29, 1.82) is 0 Å². The summed E-state index contributed by atoms with van der Waals surface area (Å²) >= 11 is 0. The zero-order chi connectivity index (χ0) is 16.4. The summed E-state index contributed by atoms with van der Waals surface area (Å²) in [6.45, 7) is 3.39. The first-order chi connectivity index (χ1) is 11.9. The zero-order valence-corrected chi connectivity index (χ0v) is 14.5. The molecule has 1 nitrogen and oxygen atoms in total. The zero-order valence-electron chi connectivity index (χ0n) is 14.5. The Morgan fingerprint density at radius 1 is 0.792 bits per heavy atom. The molecule has 122 valence electrons. The molecule has 0 saturated heterocycles. The van der Waals surface area contributed by atoms with Gasteiger partial charge in [0.25, 0.3) is 0 Å². The maximum absolute atomic E-state index is 2.62. The summed E-state index contributed by atoms with van der Waals surface area (Å²) < 4.78 is 2.62. The Kier molecular flexibility index (Phi) is 4.25. The van der Waals surface area contributed by atoms with Gasteiger partial charge >= 0.3 is 0 Å². The van der Waals surface area contributed by atoms with Crippen molar-refractivity contribution in [2.45, 2.75) is 45.6 Å². The third-order valence-corrected chi connectivity index (χ3v) is 5.13. The van der Waals surface area contributed by atoms with Crippen LogP contribution in [0.5, 0.6) is 0 Å². The van der Waals surface area contributed by atoms with Crippen LogP contribution in [0.3, 0.4) is 0 Å². The van der Waals surface area contributed by atoms with Crippen LogP contribution in [-0.4, -0.2) is 4.57 Å². The molecule has 1 heteroatoms. The molecule has 2 aromatic carbocycles. The number of aromatic nitrogens is 1. The van der Waals surface area contributed by atoms with E-state index >= 15 is 0 Å². The lowest BCUT2D eigenvalue weighted by molar-refractivity contribution is 0.600. The van der Waals surface area contributed by atoms with Crippen LogP contribution in [0.2, 0.25) is 0 Å². The summed E-state index contributed by atoms with van der Waals surface area (Å²) in [7, 11) is 0. The van der Waals surface area contributed by atoms with Gasteiger partial charge < -0.3 is 4.57 Å². The minimum Gasteiger partial charge on any atom is -0.344 e. The SMILES string of the molecule is CCCn1c2c(c(-c3ccccc3)c1-c1ccccc1)CCCC2. The van der Waals surface area contributed by atoms with Crippen LogP contribution in [0, 0.1) is 0 Å². The lowest BCUT2D eigenvalue weighted by Gasteiger charge is -2.16. The molecule has 1 aliphatic rings. The fourth-order valence-electron chi connectivity index (χ4n) is 4.15. The van der Waals surface area contributed by atoms with E-state index < -0.39 is 0 Å². The predicted octanol–water partition coefficient (Wildman–Crippen LogP) is 6.11. The van der Waals surface area contributed by atoms with Gasteiger partial charge in [0.1, 0.15) is 0 Å². The third-order valence-electron chi connectivity index (χ3n) is 5.13. The molecular weight excluding hydrogens is 290 g/mol. The van der Waals surface area contributed by atoms with E-state index in [2.05, 4.69) is 72.2 Å². The van der Waals surface area contributed by atoms with Crippen LogP contribution >= 0.6 is 0 Å². The molecule has 1 heterocycles. The standard InChI is InChI=1S/C23H25N/c1-2-17-24-21-16-10-9-15-20(21)22(18-11-5-3-6-12-18)23(24)19-13-7-4-8-14-19/h3-8,11-14H,2,9-10,15-17H2,1H3. The molecule has 0 saturated carbocycles. The fourth-order valence-corrected chi connectivity index (χ4v) is 4.15. The fraction of sp³-hybridized carbons (Fsp3) is 0.304. The summed E-state index contributed by atoms with van der Waals surface area (Å²) in [6.07, 6.45) is 6.26. The van der Waals surface area contributed by atoms with Gasteiger partial charge in [0, 0.05) is 17.8 Å². The second-order valence-corrected chi connectivity index (χ2v) is 6.74. The summed E-state index contributed by atoms with van der Waals surface area (Å²) in [5.74, 6) is 0. The van der Waals surface area contributed by atoms with Gasteiger partial charge in [0.2, 0.25) is 0 Å². The highest BCUT2D eigenvalue weighted by atomic mass is 15.0. The number of hydrogen-bond acceptors (Lipinski definition) is 0. The van der Waals surface area contributed by atoms with Crippen molar-refractivity contribution in [3.63, 3.8) is 0 Å². The van der Waals surface area contributed by atoms with E-state index in [0.717, 1.165) is 6.54 Å². The number of rotatable bonds is 4. The van der Waals surface area contributed by atoms with Crippen LogP contribution in [0.4, 0.5) is 0 Å². The third kappa shape index (κ3) is 2.58. The molecule has 1 aliphatic carbocycles. The Labute approximate surface area is 145 Å². The van der Waals surface area contributed by atoms with Crippen LogP contribution in [0.15, 0.2) is 60.7 Å². The molecule has 1 aromatic heterocycles. The Hall–Kier alpha value is -2.28. The van der Waals surface area contributed by atoms with Gasteiger partial charge in [-0.2, -0.15) is 0 Å². The van der Waals surface area contributed by atoms with Crippen molar-refractivity contribution in [2.75, 3.05) is 0 Å². The van der Waals surface area contributed by atoms with Crippen molar-refractivity contribution in [2.24, 2.45) is 0 Å². The average Bonchev–Trinajstić information content (AvgIpc) is 2.98. The number of benzene rings is 2. The second-order valence-electron chi connectivity index (χ2n) is 6.74. The minimum atomic E-state index is 1.11. The molecule has 0 unspecified atom stereocenters.